The minimum atomic E-state index is -0.210. The highest BCUT2D eigenvalue weighted by Crippen LogP contribution is 2.32. The van der Waals surface area contributed by atoms with Gasteiger partial charge in [0.1, 0.15) is 6.10 Å². The summed E-state index contributed by atoms with van der Waals surface area (Å²) >= 11 is 0. The highest BCUT2D eigenvalue weighted by Gasteiger charge is 2.36. The number of aromatic amines is 1. The van der Waals surface area contributed by atoms with Crippen molar-refractivity contribution in [2.75, 3.05) is 13.2 Å². The fraction of sp³-hybridized carbons (Fsp3) is 0.667. The molecule has 3 rings (SSSR count). The van der Waals surface area contributed by atoms with Gasteiger partial charge in [0.25, 0.3) is 5.91 Å². The summed E-state index contributed by atoms with van der Waals surface area (Å²) < 4.78 is 5.48. The Kier molecular flexibility index (Phi) is 2.84. The first-order chi connectivity index (χ1) is 8.36. The van der Waals surface area contributed by atoms with Crippen LogP contribution in [0.2, 0.25) is 0 Å². The van der Waals surface area contributed by atoms with Crippen molar-refractivity contribution in [1.29, 1.82) is 0 Å². The maximum Gasteiger partial charge on any atom is 0.252 e. The molecule has 5 heteroatoms. The van der Waals surface area contributed by atoms with Crippen molar-refractivity contribution in [3.63, 3.8) is 0 Å². The van der Waals surface area contributed by atoms with Crippen LogP contribution in [0.15, 0.2) is 12.3 Å². The topological polar surface area (TPSA) is 58.2 Å². The predicted octanol–water partition coefficient (Wildman–Crippen LogP) is 1.25. The molecule has 1 aromatic rings. The summed E-state index contributed by atoms with van der Waals surface area (Å²) in [6.07, 6.45) is 5.47. The van der Waals surface area contributed by atoms with E-state index in [0.29, 0.717) is 0 Å². The van der Waals surface area contributed by atoms with Gasteiger partial charge in [-0.3, -0.25) is 9.89 Å². The van der Waals surface area contributed by atoms with E-state index < -0.39 is 0 Å². The van der Waals surface area contributed by atoms with Crippen LogP contribution in [0.25, 0.3) is 0 Å². The minimum absolute atomic E-state index is 0.152. The summed E-state index contributed by atoms with van der Waals surface area (Å²) in [5.41, 5.74) is 1.04. The van der Waals surface area contributed by atoms with E-state index >= 15 is 0 Å². The molecule has 0 radical (unpaired) electrons. The first-order valence-corrected chi connectivity index (χ1v) is 6.27. The number of amides is 1. The lowest BCUT2D eigenvalue weighted by Crippen LogP contribution is -2.38. The van der Waals surface area contributed by atoms with Gasteiger partial charge in [-0.15, -0.1) is 0 Å². The molecule has 2 saturated heterocycles. The van der Waals surface area contributed by atoms with Gasteiger partial charge in [-0.2, -0.15) is 5.10 Å². The van der Waals surface area contributed by atoms with Gasteiger partial charge >= 0.3 is 0 Å². The Hall–Kier alpha value is -1.36. The fourth-order valence-electron chi connectivity index (χ4n) is 2.76. The molecule has 0 bridgehead atoms. The van der Waals surface area contributed by atoms with Crippen LogP contribution < -0.4 is 0 Å². The minimum Gasteiger partial charge on any atom is -0.368 e. The van der Waals surface area contributed by atoms with Gasteiger partial charge in [0.15, 0.2) is 0 Å². The Bertz CT molecular complexity index is 384. The van der Waals surface area contributed by atoms with Crippen molar-refractivity contribution >= 4 is 5.91 Å². The van der Waals surface area contributed by atoms with Crippen molar-refractivity contribution in [3.8, 4) is 0 Å². The molecule has 0 saturated carbocycles. The van der Waals surface area contributed by atoms with Crippen LogP contribution in [-0.2, 0) is 9.53 Å². The standard InChI is InChI=1S/C12H17N3O2/c16-12(11-4-2-8-17-11)15-7-1-3-10(15)9-5-6-13-14-9/h5-6,10-11H,1-4,7-8H2,(H,13,14)/t10-,11+/m0/s1. The first kappa shape index (κ1) is 10.8. The zero-order chi connectivity index (χ0) is 11.7. The van der Waals surface area contributed by atoms with Gasteiger partial charge < -0.3 is 9.64 Å². The van der Waals surface area contributed by atoms with Crippen LogP contribution in [0.3, 0.4) is 0 Å². The van der Waals surface area contributed by atoms with E-state index in [1.807, 2.05) is 11.0 Å². The Labute approximate surface area is 100 Å². The molecule has 1 N–H and O–H groups in total. The maximum atomic E-state index is 12.3. The van der Waals surface area contributed by atoms with E-state index in [1.165, 1.54) is 0 Å². The number of aromatic nitrogens is 2. The van der Waals surface area contributed by atoms with Gasteiger partial charge in [-0.05, 0) is 31.7 Å². The van der Waals surface area contributed by atoms with Crippen LogP contribution in [0.1, 0.15) is 37.4 Å². The molecule has 1 aromatic heterocycles. The van der Waals surface area contributed by atoms with Crippen LogP contribution >= 0.6 is 0 Å². The number of H-pyrrole nitrogens is 1. The summed E-state index contributed by atoms with van der Waals surface area (Å²) in [4.78, 5) is 14.3. The van der Waals surface area contributed by atoms with Gasteiger partial charge in [0.05, 0.1) is 11.7 Å². The third-order valence-corrected chi connectivity index (χ3v) is 3.62. The quantitative estimate of drug-likeness (QED) is 0.839. The van der Waals surface area contributed by atoms with Crippen molar-refractivity contribution in [1.82, 2.24) is 15.1 Å². The monoisotopic (exact) mass is 235 g/mol. The van der Waals surface area contributed by atoms with Gasteiger partial charge in [-0.25, -0.2) is 0 Å². The normalized spacial score (nSPS) is 28.8. The second kappa shape index (κ2) is 4.49. The third-order valence-electron chi connectivity index (χ3n) is 3.62. The zero-order valence-corrected chi connectivity index (χ0v) is 9.76. The molecule has 92 valence electrons. The lowest BCUT2D eigenvalue weighted by Gasteiger charge is -2.26. The van der Waals surface area contributed by atoms with E-state index in [9.17, 15) is 4.79 Å². The predicted molar refractivity (Wildman–Crippen MR) is 61.2 cm³/mol. The molecule has 1 amide bonds. The molecular formula is C12H17N3O2. The Morgan fingerprint density at radius 3 is 3.12 bits per heavy atom. The number of hydrogen-bond acceptors (Lipinski definition) is 3. The highest BCUT2D eigenvalue weighted by molar-refractivity contribution is 5.81. The number of rotatable bonds is 2. The maximum absolute atomic E-state index is 12.3. The molecule has 2 aliphatic rings. The fourth-order valence-corrected chi connectivity index (χ4v) is 2.76. The van der Waals surface area contributed by atoms with Crippen molar-refractivity contribution in [3.05, 3.63) is 18.0 Å². The molecule has 5 nitrogen and oxygen atoms in total. The Morgan fingerprint density at radius 1 is 1.47 bits per heavy atom. The molecule has 0 aliphatic carbocycles. The average Bonchev–Trinajstić information content (AvgIpc) is 3.09. The molecule has 3 heterocycles. The molecule has 17 heavy (non-hydrogen) atoms. The number of nitrogens with one attached hydrogen (secondary N) is 1. The number of ether oxygens (including phenoxy) is 1. The highest BCUT2D eigenvalue weighted by atomic mass is 16.5. The smallest absolute Gasteiger partial charge is 0.252 e. The average molecular weight is 235 g/mol. The molecule has 2 atom stereocenters. The summed E-state index contributed by atoms with van der Waals surface area (Å²) in [5, 5.41) is 6.93. The van der Waals surface area contributed by atoms with Gasteiger partial charge in [0, 0.05) is 19.3 Å². The van der Waals surface area contributed by atoms with Crippen LogP contribution in [0, 0.1) is 0 Å². The van der Waals surface area contributed by atoms with Gasteiger partial charge in [-0.1, -0.05) is 0 Å². The molecular weight excluding hydrogens is 218 g/mol. The lowest BCUT2D eigenvalue weighted by molar-refractivity contribution is -0.142. The molecule has 2 aliphatic heterocycles. The summed E-state index contributed by atoms with van der Waals surface area (Å²) in [7, 11) is 0. The lowest BCUT2D eigenvalue weighted by atomic mass is 10.1. The second-order valence-corrected chi connectivity index (χ2v) is 4.70. The Balaban J connectivity index is 1.75. The number of carbonyl (C=O) groups is 1. The first-order valence-electron chi connectivity index (χ1n) is 6.27. The SMILES string of the molecule is O=C([C@H]1CCCO1)N1CCC[C@H]1c1ccn[nH]1. The van der Waals surface area contributed by atoms with E-state index in [-0.39, 0.29) is 18.1 Å². The third kappa shape index (κ3) is 1.95. The van der Waals surface area contributed by atoms with Crippen molar-refractivity contribution in [2.45, 2.75) is 37.8 Å². The number of nitrogens with zero attached hydrogens (tertiary/aromatic N) is 2. The van der Waals surface area contributed by atoms with Crippen LogP contribution in [0.5, 0.6) is 0 Å². The van der Waals surface area contributed by atoms with Gasteiger partial charge in [0.2, 0.25) is 0 Å². The summed E-state index contributed by atoms with van der Waals surface area (Å²) in [6, 6.07) is 2.11. The second-order valence-electron chi connectivity index (χ2n) is 4.70. The summed E-state index contributed by atoms with van der Waals surface area (Å²) in [5.74, 6) is 0.152. The van der Waals surface area contributed by atoms with Crippen molar-refractivity contribution in [2.24, 2.45) is 0 Å². The zero-order valence-electron chi connectivity index (χ0n) is 9.76. The van der Waals surface area contributed by atoms with Crippen molar-refractivity contribution < 1.29 is 9.53 Å². The van der Waals surface area contributed by atoms with E-state index in [1.54, 1.807) is 6.20 Å². The largest absolute Gasteiger partial charge is 0.368 e. The van der Waals surface area contributed by atoms with Crippen LogP contribution in [0.4, 0.5) is 0 Å². The molecule has 0 unspecified atom stereocenters. The van der Waals surface area contributed by atoms with E-state index in [0.717, 1.165) is 44.5 Å². The molecule has 0 aromatic carbocycles. The molecule has 0 spiro atoms. The van der Waals surface area contributed by atoms with E-state index in [2.05, 4.69) is 10.2 Å². The molecule has 2 fully saturated rings. The number of carbonyl (C=O) groups excluding carboxylic acids is 1. The number of hydrogen-bond donors (Lipinski definition) is 1. The van der Waals surface area contributed by atoms with E-state index in [4.69, 9.17) is 4.74 Å². The van der Waals surface area contributed by atoms with Crippen LogP contribution in [-0.4, -0.2) is 40.3 Å². The Morgan fingerprint density at radius 2 is 2.41 bits per heavy atom. The number of likely N-dealkylation sites (tertiary alicyclic amines) is 1. The summed E-state index contributed by atoms with van der Waals surface area (Å²) in [6.45, 7) is 1.56.